The van der Waals surface area contributed by atoms with Gasteiger partial charge < -0.3 is 20.5 Å². The van der Waals surface area contributed by atoms with Crippen LogP contribution in [-0.2, 0) is 12.8 Å². The van der Waals surface area contributed by atoms with Crippen molar-refractivity contribution in [2.75, 3.05) is 19.0 Å². The maximum atomic E-state index is 12.2. The molecule has 2 amide bonds. The van der Waals surface area contributed by atoms with E-state index in [0.717, 1.165) is 41.0 Å². The van der Waals surface area contributed by atoms with Gasteiger partial charge in [-0.05, 0) is 41.7 Å². The summed E-state index contributed by atoms with van der Waals surface area (Å²) in [6, 6.07) is 12.8. The summed E-state index contributed by atoms with van der Waals surface area (Å²) in [7, 11) is 1.59. The van der Waals surface area contributed by atoms with E-state index in [4.69, 9.17) is 4.74 Å². The van der Waals surface area contributed by atoms with Gasteiger partial charge in [-0.1, -0.05) is 44.2 Å². The molecule has 0 unspecified atom stereocenters. The molecule has 5 heteroatoms. The van der Waals surface area contributed by atoms with E-state index >= 15 is 0 Å². The summed E-state index contributed by atoms with van der Waals surface area (Å²) in [6.07, 6.45) is 0.916. The highest BCUT2D eigenvalue weighted by molar-refractivity contribution is 5.91. The van der Waals surface area contributed by atoms with Gasteiger partial charge in [0.1, 0.15) is 5.75 Å². The van der Waals surface area contributed by atoms with E-state index < -0.39 is 6.10 Å². The Hall–Kier alpha value is -2.53. The quantitative estimate of drug-likeness (QED) is 0.719. The number of hydrogen-bond donors (Lipinski definition) is 3. The number of carbonyl (C=O) groups is 1. The third kappa shape index (κ3) is 4.97. The van der Waals surface area contributed by atoms with Gasteiger partial charge in [0, 0.05) is 12.2 Å². The molecule has 0 spiro atoms. The van der Waals surface area contributed by atoms with E-state index in [1.165, 1.54) is 0 Å². The van der Waals surface area contributed by atoms with E-state index in [1.807, 2.05) is 18.2 Å². The second-order valence-electron chi connectivity index (χ2n) is 5.78. The molecular weight excluding hydrogens is 316 g/mol. The Kier molecular flexibility index (Phi) is 6.83. The summed E-state index contributed by atoms with van der Waals surface area (Å²) >= 11 is 0. The van der Waals surface area contributed by atoms with Crippen LogP contribution in [0, 0.1) is 0 Å². The van der Waals surface area contributed by atoms with Crippen LogP contribution in [0.15, 0.2) is 42.5 Å². The van der Waals surface area contributed by atoms with Crippen molar-refractivity contribution in [3.63, 3.8) is 0 Å². The SMILES string of the molecule is CCc1cccc(CC)c1NC(=O)NC[C@H](O)c1ccc(OC)cc1. The van der Waals surface area contributed by atoms with Crippen LogP contribution in [0.25, 0.3) is 0 Å². The van der Waals surface area contributed by atoms with Crippen molar-refractivity contribution in [3.8, 4) is 5.75 Å². The van der Waals surface area contributed by atoms with E-state index in [-0.39, 0.29) is 12.6 Å². The second kappa shape index (κ2) is 9.08. The summed E-state index contributed by atoms with van der Waals surface area (Å²) in [5, 5.41) is 15.9. The molecule has 0 radical (unpaired) electrons. The molecule has 0 saturated carbocycles. The summed E-state index contributed by atoms with van der Waals surface area (Å²) in [5.41, 5.74) is 3.80. The number of urea groups is 1. The number of para-hydroxylation sites is 1. The third-order valence-electron chi connectivity index (χ3n) is 4.19. The number of hydrogen-bond acceptors (Lipinski definition) is 3. The largest absolute Gasteiger partial charge is 0.497 e. The van der Waals surface area contributed by atoms with Gasteiger partial charge in [0.15, 0.2) is 0 Å². The Morgan fingerprint density at radius 2 is 1.68 bits per heavy atom. The van der Waals surface area contributed by atoms with Gasteiger partial charge in [0.05, 0.1) is 13.2 Å². The lowest BCUT2D eigenvalue weighted by atomic mass is 10.0. The zero-order chi connectivity index (χ0) is 18.2. The van der Waals surface area contributed by atoms with Crippen LogP contribution in [0.1, 0.15) is 36.6 Å². The Morgan fingerprint density at radius 1 is 1.08 bits per heavy atom. The van der Waals surface area contributed by atoms with Crippen LogP contribution in [0.3, 0.4) is 0 Å². The molecule has 0 aliphatic carbocycles. The van der Waals surface area contributed by atoms with Crippen LogP contribution in [0.4, 0.5) is 10.5 Å². The van der Waals surface area contributed by atoms with E-state index in [9.17, 15) is 9.90 Å². The molecule has 0 heterocycles. The molecule has 1 atom stereocenters. The standard InChI is InChI=1S/C20H26N2O3/c1-4-14-7-6-8-15(5-2)19(14)22-20(24)21-13-18(23)16-9-11-17(25-3)12-10-16/h6-12,18,23H,4-5,13H2,1-3H3,(H2,21,22,24)/t18-/m0/s1. The Morgan fingerprint density at radius 3 is 2.20 bits per heavy atom. The Balaban J connectivity index is 1.96. The Labute approximate surface area is 149 Å². The van der Waals surface area contributed by atoms with Crippen molar-refractivity contribution in [2.45, 2.75) is 32.8 Å². The summed E-state index contributed by atoms with van der Waals surface area (Å²) < 4.78 is 5.10. The summed E-state index contributed by atoms with van der Waals surface area (Å²) in [5.74, 6) is 0.727. The van der Waals surface area contributed by atoms with Crippen molar-refractivity contribution < 1.29 is 14.6 Å². The Bertz CT molecular complexity index is 676. The summed E-state index contributed by atoms with van der Waals surface area (Å²) in [6.45, 7) is 4.25. The maximum absolute atomic E-state index is 12.2. The molecule has 0 fully saturated rings. The first-order chi connectivity index (χ1) is 12.1. The fourth-order valence-electron chi connectivity index (χ4n) is 2.69. The lowest BCUT2D eigenvalue weighted by Crippen LogP contribution is -2.33. The highest BCUT2D eigenvalue weighted by Crippen LogP contribution is 2.22. The van der Waals surface area contributed by atoms with Crippen molar-refractivity contribution in [2.24, 2.45) is 0 Å². The van der Waals surface area contributed by atoms with Crippen LogP contribution in [-0.4, -0.2) is 24.8 Å². The first-order valence-electron chi connectivity index (χ1n) is 8.56. The number of carbonyl (C=O) groups excluding carboxylic acids is 1. The number of nitrogens with one attached hydrogen (secondary N) is 2. The minimum Gasteiger partial charge on any atom is -0.497 e. The van der Waals surface area contributed by atoms with Crippen LogP contribution >= 0.6 is 0 Å². The number of ether oxygens (including phenoxy) is 1. The molecule has 134 valence electrons. The number of aliphatic hydroxyl groups excluding tert-OH is 1. The zero-order valence-electron chi connectivity index (χ0n) is 15.0. The summed E-state index contributed by atoms with van der Waals surface area (Å²) in [4.78, 5) is 12.2. The normalized spacial score (nSPS) is 11.7. The zero-order valence-corrected chi connectivity index (χ0v) is 15.0. The number of anilines is 1. The van der Waals surface area contributed by atoms with Gasteiger partial charge in [-0.3, -0.25) is 0 Å². The monoisotopic (exact) mass is 342 g/mol. The minimum absolute atomic E-state index is 0.133. The van der Waals surface area contributed by atoms with Gasteiger partial charge in [-0.2, -0.15) is 0 Å². The van der Waals surface area contributed by atoms with Gasteiger partial charge in [-0.25, -0.2) is 4.79 Å². The van der Waals surface area contributed by atoms with Crippen molar-refractivity contribution in [1.82, 2.24) is 5.32 Å². The molecule has 3 N–H and O–H groups in total. The molecule has 0 bridgehead atoms. The fourth-order valence-corrected chi connectivity index (χ4v) is 2.69. The van der Waals surface area contributed by atoms with Crippen molar-refractivity contribution >= 4 is 11.7 Å². The highest BCUT2D eigenvalue weighted by atomic mass is 16.5. The second-order valence-corrected chi connectivity index (χ2v) is 5.78. The first kappa shape index (κ1) is 18.8. The van der Waals surface area contributed by atoms with Crippen molar-refractivity contribution in [3.05, 3.63) is 59.2 Å². The third-order valence-corrected chi connectivity index (χ3v) is 4.19. The molecule has 0 aliphatic heterocycles. The highest BCUT2D eigenvalue weighted by Gasteiger charge is 2.12. The van der Waals surface area contributed by atoms with Gasteiger partial charge in [-0.15, -0.1) is 0 Å². The predicted octanol–water partition coefficient (Wildman–Crippen LogP) is 3.68. The van der Waals surface area contributed by atoms with Crippen LogP contribution in [0.2, 0.25) is 0 Å². The van der Waals surface area contributed by atoms with Gasteiger partial charge in [0.2, 0.25) is 0 Å². The molecule has 2 rings (SSSR count). The predicted molar refractivity (Wildman–Crippen MR) is 100 cm³/mol. The van der Waals surface area contributed by atoms with E-state index in [2.05, 4.69) is 24.5 Å². The number of methoxy groups -OCH3 is 1. The van der Waals surface area contributed by atoms with Gasteiger partial charge in [0.25, 0.3) is 0 Å². The molecule has 0 saturated heterocycles. The lowest BCUT2D eigenvalue weighted by molar-refractivity contribution is 0.175. The van der Waals surface area contributed by atoms with E-state index in [1.54, 1.807) is 31.4 Å². The molecule has 5 nitrogen and oxygen atoms in total. The smallest absolute Gasteiger partial charge is 0.319 e. The molecule has 0 aliphatic rings. The van der Waals surface area contributed by atoms with Crippen LogP contribution in [0.5, 0.6) is 5.75 Å². The molecular formula is C20H26N2O3. The van der Waals surface area contributed by atoms with Gasteiger partial charge >= 0.3 is 6.03 Å². The average Bonchev–Trinajstić information content (AvgIpc) is 2.66. The molecule has 25 heavy (non-hydrogen) atoms. The molecule has 0 aromatic heterocycles. The van der Waals surface area contributed by atoms with Crippen LogP contribution < -0.4 is 15.4 Å². The fraction of sp³-hybridized carbons (Fsp3) is 0.350. The topological polar surface area (TPSA) is 70.6 Å². The molecule has 2 aromatic carbocycles. The number of aryl methyl sites for hydroxylation is 2. The first-order valence-corrected chi connectivity index (χ1v) is 8.56. The average molecular weight is 342 g/mol. The van der Waals surface area contributed by atoms with E-state index in [0.29, 0.717) is 0 Å². The lowest BCUT2D eigenvalue weighted by Gasteiger charge is -2.16. The number of amides is 2. The minimum atomic E-state index is -0.774. The number of aliphatic hydroxyl groups is 1. The van der Waals surface area contributed by atoms with Crippen molar-refractivity contribution in [1.29, 1.82) is 0 Å². The number of benzene rings is 2. The number of rotatable bonds is 7. The molecule has 2 aromatic rings. The maximum Gasteiger partial charge on any atom is 0.319 e.